The zero-order valence-corrected chi connectivity index (χ0v) is 10.2. The average molecular weight is 255 g/mol. The van der Waals surface area contributed by atoms with E-state index in [1.807, 2.05) is 6.92 Å². The minimum atomic E-state index is -0.414. The first kappa shape index (κ1) is 14.4. The highest BCUT2D eigenvalue weighted by molar-refractivity contribution is 5.97. The Bertz CT molecular complexity index is 424. The highest BCUT2D eigenvalue weighted by Gasteiger charge is 2.07. The van der Waals surface area contributed by atoms with Crippen molar-refractivity contribution in [1.29, 1.82) is 0 Å². The van der Waals surface area contributed by atoms with Gasteiger partial charge in [-0.05, 0) is 12.0 Å². The van der Waals surface area contributed by atoms with E-state index >= 15 is 0 Å². The minimum Gasteiger partial charge on any atom is -0.409 e. The van der Waals surface area contributed by atoms with Crippen LogP contribution in [0.3, 0.4) is 0 Å². The molecule has 1 aromatic carbocycles. The highest BCUT2D eigenvalue weighted by atomic mass is 19.1. The van der Waals surface area contributed by atoms with Crippen molar-refractivity contribution in [3.05, 3.63) is 35.1 Å². The molecule has 0 fully saturated rings. The first-order valence-corrected chi connectivity index (χ1v) is 5.66. The minimum absolute atomic E-state index is 0.0952. The number of amidine groups is 1. The van der Waals surface area contributed by atoms with E-state index in [2.05, 4.69) is 10.5 Å². The Morgan fingerprint density at radius 2 is 2.28 bits per heavy atom. The van der Waals surface area contributed by atoms with Crippen molar-refractivity contribution in [2.45, 2.75) is 13.5 Å². The summed E-state index contributed by atoms with van der Waals surface area (Å²) < 4.78 is 13.7. The van der Waals surface area contributed by atoms with Crippen molar-refractivity contribution in [3.8, 4) is 0 Å². The Morgan fingerprint density at radius 1 is 1.56 bits per heavy atom. The first-order valence-electron chi connectivity index (χ1n) is 5.66. The van der Waals surface area contributed by atoms with Crippen LogP contribution in [0.4, 0.5) is 4.39 Å². The molecule has 0 heterocycles. The van der Waals surface area contributed by atoms with E-state index in [1.54, 1.807) is 12.1 Å². The Morgan fingerprint density at radius 3 is 2.83 bits per heavy atom. The van der Waals surface area contributed by atoms with Gasteiger partial charge in [-0.15, -0.1) is 0 Å². The molecule has 1 rings (SSSR count). The van der Waals surface area contributed by atoms with Gasteiger partial charge in [0.15, 0.2) is 5.84 Å². The van der Waals surface area contributed by atoms with Crippen molar-refractivity contribution in [1.82, 2.24) is 5.32 Å². The summed E-state index contributed by atoms with van der Waals surface area (Å²) in [7, 11) is 0. The Hall–Kier alpha value is -1.66. The number of hydrogen-bond acceptors (Lipinski definition) is 4. The molecule has 100 valence electrons. The van der Waals surface area contributed by atoms with Crippen LogP contribution < -0.4 is 11.1 Å². The lowest BCUT2D eigenvalue weighted by atomic mass is 10.1. The second-order valence-electron chi connectivity index (χ2n) is 4.21. The third kappa shape index (κ3) is 3.97. The molecular weight excluding hydrogens is 237 g/mol. The number of rotatable bonds is 6. The molecule has 1 atom stereocenters. The van der Waals surface area contributed by atoms with E-state index < -0.39 is 5.82 Å². The fraction of sp³-hybridized carbons (Fsp3) is 0.417. The molecule has 5 N–H and O–H groups in total. The molecule has 1 aromatic rings. The highest BCUT2D eigenvalue weighted by Crippen LogP contribution is 2.10. The molecule has 0 bridgehead atoms. The fourth-order valence-corrected chi connectivity index (χ4v) is 1.43. The zero-order chi connectivity index (χ0) is 13.5. The molecule has 6 heteroatoms. The SMILES string of the molecule is CC(CO)CNCc1ccc(C(N)=NO)cc1F. The van der Waals surface area contributed by atoms with Crippen molar-refractivity contribution < 1.29 is 14.7 Å². The van der Waals surface area contributed by atoms with Gasteiger partial charge in [-0.3, -0.25) is 0 Å². The van der Waals surface area contributed by atoms with E-state index in [9.17, 15) is 4.39 Å². The molecule has 1 unspecified atom stereocenters. The predicted octanol–water partition coefficient (Wildman–Crippen LogP) is 0.638. The third-order valence-corrected chi connectivity index (χ3v) is 2.58. The zero-order valence-electron chi connectivity index (χ0n) is 10.2. The maximum Gasteiger partial charge on any atom is 0.170 e. The number of oxime groups is 1. The van der Waals surface area contributed by atoms with E-state index in [-0.39, 0.29) is 18.4 Å². The van der Waals surface area contributed by atoms with Crippen LogP contribution in [0.5, 0.6) is 0 Å². The van der Waals surface area contributed by atoms with Crippen LogP contribution in [-0.2, 0) is 6.54 Å². The number of hydrogen-bond donors (Lipinski definition) is 4. The normalized spacial score (nSPS) is 13.6. The molecule has 0 aromatic heterocycles. The molecular formula is C12H18FN3O2. The largest absolute Gasteiger partial charge is 0.409 e. The van der Waals surface area contributed by atoms with Crippen LogP contribution in [0.1, 0.15) is 18.1 Å². The number of halogens is 1. The van der Waals surface area contributed by atoms with Gasteiger partial charge in [-0.25, -0.2) is 4.39 Å². The smallest absolute Gasteiger partial charge is 0.170 e. The summed E-state index contributed by atoms with van der Waals surface area (Å²) in [6.45, 7) is 2.97. The lowest BCUT2D eigenvalue weighted by Gasteiger charge is -2.10. The number of benzene rings is 1. The van der Waals surface area contributed by atoms with E-state index in [4.69, 9.17) is 16.0 Å². The fourth-order valence-electron chi connectivity index (χ4n) is 1.43. The van der Waals surface area contributed by atoms with Crippen molar-refractivity contribution in [2.24, 2.45) is 16.8 Å². The quantitative estimate of drug-likeness (QED) is 0.260. The van der Waals surface area contributed by atoms with E-state index in [0.717, 1.165) is 0 Å². The second-order valence-corrected chi connectivity index (χ2v) is 4.21. The first-order chi connectivity index (χ1) is 8.58. The predicted molar refractivity (Wildman–Crippen MR) is 66.9 cm³/mol. The molecule has 5 nitrogen and oxygen atoms in total. The molecule has 0 radical (unpaired) electrons. The van der Waals surface area contributed by atoms with Gasteiger partial charge in [-0.1, -0.05) is 24.2 Å². The summed E-state index contributed by atoms with van der Waals surface area (Å²) >= 11 is 0. The molecule has 0 aliphatic carbocycles. The van der Waals surface area contributed by atoms with Gasteiger partial charge in [0.2, 0.25) is 0 Å². The van der Waals surface area contributed by atoms with Gasteiger partial charge in [0.1, 0.15) is 5.82 Å². The van der Waals surface area contributed by atoms with Crippen LogP contribution >= 0.6 is 0 Å². The second kappa shape index (κ2) is 6.93. The molecule has 0 aliphatic rings. The Balaban J connectivity index is 2.63. The number of nitrogens with one attached hydrogen (secondary N) is 1. The van der Waals surface area contributed by atoms with Crippen LogP contribution in [0.2, 0.25) is 0 Å². The number of nitrogens with two attached hydrogens (primary N) is 1. The summed E-state index contributed by atoms with van der Waals surface area (Å²) in [6, 6.07) is 4.39. The maximum absolute atomic E-state index is 13.7. The third-order valence-electron chi connectivity index (χ3n) is 2.58. The van der Waals surface area contributed by atoms with Gasteiger partial charge < -0.3 is 21.4 Å². The lowest BCUT2D eigenvalue weighted by molar-refractivity contribution is 0.233. The van der Waals surface area contributed by atoms with Gasteiger partial charge >= 0.3 is 0 Å². The maximum atomic E-state index is 13.7. The Kier molecular flexibility index (Phi) is 5.54. The van der Waals surface area contributed by atoms with Gasteiger partial charge in [0, 0.05) is 30.8 Å². The monoisotopic (exact) mass is 255 g/mol. The van der Waals surface area contributed by atoms with Crippen molar-refractivity contribution in [3.63, 3.8) is 0 Å². The summed E-state index contributed by atoms with van der Waals surface area (Å²) in [5.41, 5.74) is 6.19. The molecule has 0 amide bonds. The van der Waals surface area contributed by atoms with Crippen LogP contribution in [-0.4, -0.2) is 29.3 Å². The summed E-state index contributed by atoms with van der Waals surface area (Å²) in [4.78, 5) is 0. The summed E-state index contributed by atoms with van der Waals surface area (Å²) in [5, 5.41) is 23.2. The lowest BCUT2D eigenvalue weighted by Crippen LogP contribution is -2.23. The number of aliphatic hydroxyl groups excluding tert-OH is 1. The van der Waals surface area contributed by atoms with Crippen molar-refractivity contribution >= 4 is 5.84 Å². The van der Waals surface area contributed by atoms with Gasteiger partial charge in [-0.2, -0.15) is 0 Å². The van der Waals surface area contributed by atoms with E-state index in [1.165, 1.54) is 6.07 Å². The topological polar surface area (TPSA) is 90.9 Å². The molecule has 0 saturated heterocycles. The molecule has 0 saturated carbocycles. The van der Waals surface area contributed by atoms with E-state index in [0.29, 0.717) is 24.2 Å². The molecule has 18 heavy (non-hydrogen) atoms. The summed E-state index contributed by atoms with van der Waals surface area (Å²) in [6.07, 6.45) is 0. The van der Waals surface area contributed by atoms with Crippen molar-refractivity contribution in [2.75, 3.05) is 13.2 Å². The van der Waals surface area contributed by atoms with Crippen LogP contribution in [0, 0.1) is 11.7 Å². The van der Waals surface area contributed by atoms with Crippen LogP contribution in [0.25, 0.3) is 0 Å². The number of aliphatic hydroxyl groups is 1. The molecule has 0 aliphatic heterocycles. The Labute approximate surface area is 105 Å². The van der Waals surface area contributed by atoms with Gasteiger partial charge in [0.25, 0.3) is 0 Å². The number of nitrogens with zero attached hydrogens (tertiary/aromatic N) is 1. The molecule has 0 spiro atoms. The average Bonchev–Trinajstić information content (AvgIpc) is 2.39. The summed E-state index contributed by atoms with van der Waals surface area (Å²) in [5.74, 6) is -0.407. The standard InChI is InChI=1S/C12H18FN3O2/c1-8(7-17)5-15-6-10-3-2-9(4-11(10)13)12(14)16-18/h2-4,8,15,17-18H,5-7H2,1H3,(H2,14,16). The van der Waals surface area contributed by atoms with Crippen LogP contribution in [0.15, 0.2) is 23.4 Å². The van der Waals surface area contributed by atoms with Gasteiger partial charge in [0.05, 0.1) is 0 Å².